The number of carbonyl (C=O) groups is 2. The van der Waals surface area contributed by atoms with Crippen molar-refractivity contribution in [1.82, 2.24) is 5.32 Å². The molecule has 2 rings (SSSR count). The van der Waals surface area contributed by atoms with Crippen LogP contribution in [0.1, 0.15) is 46.5 Å². The number of hydrogen-bond acceptors (Lipinski definition) is 4. The van der Waals surface area contributed by atoms with Gasteiger partial charge >= 0.3 is 0 Å². The van der Waals surface area contributed by atoms with Crippen LogP contribution in [0.2, 0.25) is 0 Å². The Morgan fingerprint density at radius 2 is 1.88 bits per heavy atom. The minimum Gasteiger partial charge on any atom is -0.371 e. The van der Waals surface area contributed by atoms with Gasteiger partial charge in [0.25, 0.3) is 0 Å². The molecule has 1 heterocycles. The smallest absolute Gasteiger partial charge is 0.246 e. The second kappa shape index (κ2) is 9.57. The van der Waals surface area contributed by atoms with E-state index in [4.69, 9.17) is 5.73 Å². The lowest BCUT2D eigenvalue weighted by atomic mass is 10.0. The van der Waals surface area contributed by atoms with Crippen LogP contribution in [0, 0.1) is 5.92 Å². The summed E-state index contributed by atoms with van der Waals surface area (Å²) in [4.78, 5) is 27.3. The second-order valence-corrected chi connectivity index (χ2v) is 7.23. The van der Waals surface area contributed by atoms with Crippen molar-refractivity contribution in [3.63, 3.8) is 0 Å². The van der Waals surface area contributed by atoms with Crippen LogP contribution in [0.15, 0.2) is 24.3 Å². The van der Waals surface area contributed by atoms with Crippen molar-refractivity contribution in [1.29, 1.82) is 0 Å². The van der Waals surface area contributed by atoms with Gasteiger partial charge in [-0.2, -0.15) is 0 Å². The van der Waals surface area contributed by atoms with Crippen LogP contribution in [0.4, 0.5) is 11.4 Å². The molecule has 0 radical (unpaired) electrons. The topological polar surface area (TPSA) is 87.5 Å². The first-order valence-corrected chi connectivity index (χ1v) is 9.64. The number of amides is 2. The third-order valence-corrected chi connectivity index (χ3v) is 5.00. The number of benzene rings is 1. The van der Waals surface area contributed by atoms with Crippen molar-refractivity contribution in [2.75, 3.05) is 23.3 Å². The first kappa shape index (κ1) is 20.2. The van der Waals surface area contributed by atoms with Gasteiger partial charge in [-0.05, 0) is 44.4 Å². The van der Waals surface area contributed by atoms with Crippen molar-refractivity contribution >= 4 is 23.2 Å². The summed E-state index contributed by atoms with van der Waals surface area (Å²) in [6.45, 7) is 7.68. The molecule has 3 atom stereocenters. The third-order valence-electron chi connectivity index (χ3n) is 5.00. The lowest BCUT2D eigenvalue weighted by Crippen LogP contribution is -2.48. The van der Waals surface area contributed by atoms with E-state index < -0.39 is 6.04 Å². The summed E-state index contributed by atoms with van der Waals surface area (Å²) in [6, 6.07) is 7.10. The maximum absolute atomic E-state index is 12.7. The Bertz CT molecular complexity index is 612. The Hall–Kier alpha value is -2.08. The van der Waals surface area contributed by atoms with Crippen LogP contribution in [0.3, 0.4) is 0 Å². The zero-order valence-electron chi connectivity index (χ0n) is 16.1. The lowest BCUT2D eigenvalue weighted by Gasteiger charge is -2.22. The fourth-order valence-electron chi connectivity index (χ4n) is 3.08. The third kappa shape index (κ3) is 5.46. The summed E-state index contributed by atoms with van der Waals surface area (Å²) in [7, 11) is 0. The minimum atomic E-state index is -0.552. The minimum absolute atomic E-state index is 0.181. The first-order valence-electron chi connectivity index (χ1n) is 9.64. The zero-order valence-corrected chi connectivity index (χ0v) is 16.1. The largest absolute Gasteiger partial charge is 0.371 e. The van der Waals surface area contributed by atoms with Crippen LogP contribution >= 0.6 is 0 Å². The van der Waals surface area contributed by atoms with Crippen molar-refractivity contribution in [3.05, 3.63) is 24.3 Å². The number of nitrogens with one attached hydrogen (secondary N) is 2. The molecule has 0 spiro atoms. The van der Waals surface area contributed by atoms with E-state index in [-0.39, 0.29) is 23.8 Å². The number of hydrogen-bond donors (Lipinski definition) is 3. The van der Waals surface area contributed by atoms with Gasteiger partial charge in [0.1, 0.15) is 6.04 Å². The van der Waals surface area contributed by atoms with Gasteiger partial charge in [0, 0.05) is 36.4 Å². The van der Waals surface area contributed by atoms with Crippen molar-refractivity contribution < 1.29 is 9.59 Å². The number of anilines is 2. The van der Waals surface area contributed by atoms with Crippen LogP contribution < -0.4 is 21.3 Å². The molecular weight excluding hydrogens is 328 g/mol. The van der Waals surface area contributed by atoms with E-state index in [1.165, 1.54) is 12.8 Å². The highest BCUT2D eigenvalue weighted by atomic mass is 16.2. The summed E-state index contributed by atoms with van der Waals surface area (Å²) < 4.78 is 0. The molecule has 1 aliphatic heterocycles. The SMILES string of the molecule is CCCC(NC(=O)C(C)C(C)N)C(=O)Nc1cccc(N2CCCC2)c1. The van der Waals surface area contributed by atoms with Crippen LogP contribution in [0.5, 0.6) is 0 Å². The molecule has 144 valence electrons. The Balaban J connectivity index is 2.02. The predicted molar refractivity (Wildman–Crippen MR) is 106 cm³/mol. The molecule has 3 unspecified atom stereocenters. The number of nitrogens with zero attached hydrogens (tertiary/aromatic N) is 1. The van der Waals surface area contributed by atoms with Crippen LogP contribution in [0.25, 0.3) is 0 Å². The van der Waals surface area contributed by atoms with E-state index in [1.807, 2.05) is 25.1 Å². The second-order valence-electron chi connectivity index (χ2n) is 7.23. The molecule has 0 aromatic heterocycles. The Labute approximate surface area is 156 Å². The van der Waals surface area contributed by atoms with E-state index in [1.54, 1.807) is 13.8 Å². The number of carbonyl (C=O) groups excluding carboxylic acids is 2. The molecule has 1 saturated heterocycles. The predicted octanol–water partition coefficient (Wildman–Crippen LogP) is 2.49. The standard InChI is InChI=1S/C20H32N4O2/c1-4-8-18(23-19(25)14(2)15(3)21)20(26)22-16-9-7-10-17(13-16)24-11-5-6-12-24/h7,9-10,13-15,18H,4-6,8,11-12,21H2,1-3H3,(H,22,26)(H,23,25). The van der Waals surface area contributed by atoms with Crippen molar-refractivity contribution in [2.24, 2.45) is 11.7 Å². The summed E-state index contributed by atoms with van der Waals surface area (Å²) in [6.07, 6.45) is 3.81. The van der Waals surface area contributed by atoms with Crippen molar-refractivity contribution in [2.45, 2.75) is 58.5 Å². The lowest BCUT2D eigenvalue weighted by molar-refractivity contribution is -0.129. The number of rotatable bonds is 8. The fourth-order valence-corrected chi connectivity index (χ4v) is 3.08. The van der Waals surface area contributed by atoms with Gasteiger partial charge in [0.15, 0.2) is 0 Å². The van der Waals surface area contributed by atoms with Crippen LogP contribution in [-0.2, 0) is 9.59 Å². The Morgan fingerprint density at radius 1 is 1.19 bits per heavy atom. The molecule has 0 bridgehead atoms. The average molecular weight is 361 g/mol. The van der Waals surface area contributed by atoms with Gasteiger partial charge in [0.05, 0.1) is 0 Å². The van der Waals surface area contributed by atoms with E-state index in [2.05, 4.69) is 21.6 Å². The van der Waals surface area contributed by atoms with Gasteiger partial charge in [0.2, 0.25) is 11.8 Å². The molecule has 1 aromatic rings. The highest BCUT2D eigenvalue weighted by Gasteiger charge is 2.24. The quantitative estimate of drug-likeness (QED) is 0.665. The molecule has 1 fully saturated rings. The van der Waals surface area contributed by atoms with E-state index >= 15 is 0 Å². The van der Waals surface area contributed by atoms with Crippen molar-refractivity contribution in [3.8, 4) is 0 Å². The first-order chi connectivity index (χ1) is 12.4. The van der Waals surface area contributed by atoms with Gasteiger partial charge < -0.3 is 21.3 Å². The molecule has 0 aliphatic carbocycles. The summed E-state index contributed by atoms with van der Waals surface area (Å²) in [5, 5.41) is 5.80. The molecule has 4 N–H and O–H groups in total. The van der Waals surface area contributed by atoms with Gasteiger partial charge in [-0.3, -0.25) is 9.59 Å². The van der Waals surface area contributed by atoms with Crippen LogP contribution in [-0.4, -0.2) is 37.0 Å². The summed E-state index contributed by atoms with van der Waals surface area (Å²) >= 11 is 0. The van der Waals surface area contributed by atoms with E-state index in [9.17, 15) is 9.59 Å². The summed E-state index contributed by atoms with van der Waals surface area (Å²) in [5.74, 6) is -0.698. The highest BCUT2D eigenvalue weighted by Crippen LogP contribution is 2.23. The molecule has 6 heteroatoms. The average Bonchev–Trinajstić information content (AvgIpc) is 3.15. The molecule has 1 aromatic carbocycles. The number of nitrogens with two attached hydrogens (primary N) is 1. The molecule has 1 aliphatic rings. The monoisotopic (exact) mass is 360 g/mol. The Morgan fingerprint density at radius 3 is 2.50 bits per heavy atom. The molecular formula is C20H32N4O2. The van der Waals surface area contributed by atoms with Gasteiger partial charge in [-0.15, -0.1) is 0 Å². The van der Waals surface area contributed by atoms with E-state index in [0.717, 1.165) is 30.9 Å². The maximum Gasteiger partial charge on any atom is 0.246 e. The molecule has 2 amide bonds. The Kier molecular flexibility index (Phi) is 7.45. The maximum atomic E-state index is 12.7. The van der Waals surface area contributed by atoms with Gasteiger partial charge in [-0.25, -0.2) is 0 Å². The fraction of sp³-hybridized carbons (Fsp3) is 0.600. The molecule has 26 heavy (non-hydrogen) atoms. The molecule has 6 nitrogen and oxygen atoms in total. The van der Waals surface area contributed by atoms with E-state index in [0.29, 0.717) is 6.42 Å². The highest BCUT2D eigenvalue weighted by molar-refractivity contribution is 5.97. The summed E-state index contributed by atoms with van der Waals surface area (Å²) in [5.41, 5.74) is 7.68. The normalized spacial score (nSPS) is 17.5. The molecule has 0 saturated carbocycles. The zero-order chi connectivity index (χ0) is 19.1. The van der Waals surface area contributed by atoms with Gasteiger partial charge in [-0.1, -0.05) is 26.3 Å².